The van der Waals surface area contributed by atoms with Crippen LogP contribution in [0.15, 0.2) is 48.5 Å². The molecule has 1 aliphatic rings. The zero-order valence-corrected chi connectivity index (χ0v) is 14.0. The molecule has 1 unspecified atom stereocenters. The highest BCUT2D eigenvalue weighted by Gasteiger charge is 2.32. The lowest BCUT2D eigenvalue weighted by Gasteiger charge is -2.33. The highest BCUT2D eigenvalue weighted by molar-refractivity contribution is 7.20. The molecule has 2 N–H and O–H groups in total. The van der Waals surface area contributed by atoms with Gasteiger partial charge in [-0.25, -0.2) is 4.98 Å². The van der Waals surface area contributed by atoms with Crippen LogP contribution in [0, 0.1) is 0 Å². The van der Waals surface area contributed by atoms with Gasteiger partial charge in [0.2, 0.25) is 0 Å². The van der Waals surface area contributed by atoms with Crippen LogP contribution >= 0.6 is 11.3 Å². The first-order valence-corrected chi connectivity index (χ1v) is 8.88. The molecule has 0 spiro atoms. The molecule has 1 atom stereocenters. The van der Waals surface area contributed by atoms with Crippen LogP contribution in [0.4, 0.5) is 0 Å². The SMILES string of the molecule is O=C(NCC1(O)CCc2ccccc2C1)c1nc2ccccc2s1. The van der Waals surface area contributed by atoms with Gasteiger partial charge >= 0.3 is 0 Å². The largest absolute Gasteiger partial charge is 0.388 e. The van der Waals surface area contributed by atoms with Crippen molar-refractivity contribution in [1.29, 1.82) is 0 Å². The van der Waals surface area contributed by atoms with E-state index in [4.69, 9.17) is 0 Å². The quantitative estimate of drug-likeness (QED) is 0.772. The summed E-state index contributed by atoms with van der Waals surface area (Å²) in [5, 5.41) is 14.1. The van der Waals surface area contributed by atoms with E-state index in [9.17, 15) is 9.90 Å². The minimum Gasteiger partial charge on any atom is -0.388 e. The van der Waals surface area contributed by atoms with E-state index in [2.05, 4.69) is 22.4 Å². The van der Waals surface area contributed by atoms with Crippen LogP contribution in [0.1, 0.15) is 27.3 Å². The van der Waals surface area contributed by atoms with Gasteiger partial charge in [0, 0.05) is 13.0 Å². The summed E-state index contributed by atoms with van der Waals surface area (Å²) in [5.41, 5.74) is 2.40. The highest BCUT2D eigenvalue weighted by atomic mass is 32.1. The van der Waals surface area contributed by atoms with Gasteiger partial charge in [-0.05, 0) is 36.1 Å². The summed E-state index contributed by atoms with van der Waals surface area (Å²) in [6, 6.07) is 15.9. The number of para-hydroxylation sites is 1. The number of carbonyl (C=O) groups is 1. The highest BCUT2D eigenvalue weighted by Crippen LogP contribution is 2.28. The fourth-order valence-electron chi connectivity index (χ4n) is 3.22. The maximum Gasteiger partial charge on any atom is 0.280 e. The number of benzene rings is 2. The third-order valence-electron chi connectivity index (χ3n) is 4.56. The molecule has 122 valence electrons. The van der Waals surface area contributed by atoms with Crippen molar-refractivity contribution in [3.05, 3.63) is 64.7 Å². The summed E-state index contributed by atoms with van der Waals surface area (Å²) in [6.07, 6.45) is 2.07. The topological polar surface area (TPSA) is 62.2 Å². The number of thiazole rings is 1. The molecule has 0 aliphatic heterocycles. The first-order chi connectivity index (χ1) is 11.6. The number of carbonyl (C=O) groups excluding carboxylic acids is 1. The maximum atomic E-state index is 12.4. The predicted molar refractivity (Wildman–Crippen MR) is 95.4 cm³/mol. The number of amides is 1. The molecular formula is C19H18N2O2S. The summed E-state index contributed by atoms with van der Waals surface area (Å²) < 4.78 is 0.993. The van der Waals surface area contributed by atoms with Crippen LogP contribution < -0.4 is 5.32 Å². The van der Waals surface area contributed by atoms with E-state index in [1.807, 2.05) is 36.4 Å². The molecule has 0 fully saturated rings. The van der Waals surface area contributed by atoms with Crippen molar-refractivity contribution in [3.63, 3.8) is 0 Å². The lowest BCUT2D eigenvalue weighted by Crippen LogP contribution is -2.46. The minimum atomic E-state index is -0.888. The average Bonchev–Trinajstić information content (AvgIpc) is 3.04. The second-order valence-corrected chi connectivity index (χ2v) is 7.37. The fourth-order valence-corrected chi connectivity index (χ4v) is 4.11. The lowest BCUT2D eigenvalue weighted by molar-refractivity contribution is 0.0260. The molecule has 4 rings (SSSR count). The van der Waals surface area contributed by atoms with Gasteiger partial charge in [0.15, 0.2) is 5.01 Å². The van der Waals surface area contributed by atoms with Gasteiger partial charge in [-0.15, -0.1) is 11.3 Å². The summed E-state index contributed by atoms with van der Waals surface area (Å²) >= 11 is 1.37. The molecule has 3 aromatic rings. The molecule has 5 heteroatoms. The predicted octanol–water partition coefficient (Wildman–Crippen LogP) is 2.95. The Kier molecular flexibility index (Phi) is 3.82. The Morgan fingerprint density at radius 1 is 1.17 bits per heavy atom. The van der Waals surface area contributed by atoms with Crippen molar-refractivity contribution >= 4 is 27.5 Å². The fraction of sp³-hybridized carbons (Fsp3) is 0.263. The Hall–Kier alpha value is -2.24. The molecule has 1 amide bonds. The smallest absolute Gasteiger partial charge is 0.280 e. The van der Waals surface area contributed by atoms with Crippen LogP contribution in [-0.2, 0) is 12.8 Å². The summed E-state index contributed by atoms with van der Waals surface area (Å²) in [6.45, 7) is 0.246. The number of rotatable bonds is 3. The Labute approximate surface area is 144 Å². The van der Waals surface area contributed by atoms with Crippen LogP contribution in [0.5, 0.6) is 0 Å². The number of nitrogens with zero attached hydrogens (tertiary/aromatic N) is 1. The van der Waals surface area contributed by atoms with Crippen molar-refractivity contribution in [2.24, 2.45) is 0 Å². The number of aryl methyl sites for hydroxylation is 1. The van der Waals surface area contributed by atoms with Gasteiger partial charge in [0.25, 0.3) is 5.91 Å². The Morgan fingerprint density at radius 2 is 1.92 bits per heavy atom. The summed E-state index contributed by atoms with van der Waals surface area (Å²) in [4.78, 5) is 16.7. The Balaban J connectivity index is 1.45. The van der Waals surface area contributed by atoms with Crippen molar-refractivity contribution in [2.75, 3.05) is 6.54 Å². The molecule has 24 heavy (non-hydrogen) atoms. The molecule has 0 saturated carbocycles. The molecule has 1 heterocycles. The molecule has 0 saturated heterocycles. The van der Waals surface area contributed by atoms with Crippen molar-refractivity contribution in [2.45, 2.75) is 24.9 Å². The minimum absolute atomic E-state index is 0.219. The number of hydrogen-bond donors (Lipinski definition) is 2. The summed E-state index contributed by atoms with van der Waals surface area (Å²) in [5.74, 6) is -0.219. The van der Waals surface area contributed by atoms with Crippen LogP contribution in [0.3, 0.4) is 0 Å². The van der Waals surface area contributed by atoms with E-state index in [-0.39, 0.29) is 12.5 Å². The molecule has 2 aromatic carbocycles. The van der Waals surface area contributed by atoms with E-state index < -0.39 is 5.60 Å². The first kappa shape index (κ1) is 15.3. The van der Waals surface area contributed by atoms with Crippen molar-refractivity contribution < 1.29 is 9.90 Å². The number of nitrogens with one attached hydrogen (secondary N) is 1. The van der Waals surface area contributed by atoms with Crippen LogP contribution in [-0.4, -0.2) is 28.1 Å². The van der Waals surface area contributed by atoms with Gasteiger partial charge in [-0.1, -0.05) is 36.4 Å². The Bertz CT molecular complexity index is 872. The number of aromatic nitrogens is 1. The van der Waals surface area contributed by atoms with E-state index >= 15 is 0 Å². The van der Waals surface area contributed by atoms with Crippen molar-refractivity contribution in [1.82, 2.24) is 10.3 Å². The average molecular weight is 338 g/mol. The van der Waals surface area contributed by atoms with E-state index in [0.717, 1.165) is 16.6 Å². The number of fused-ring (bicyclic) bond motifs is 2. The molecule has 1 aromatic heterocycles. The molecular weight excluding hydrogens is 320 g/mol. The monoisotopic (exact) mass is 338 g/mol. The standard InChI is InChI=1S/C19H18N2O2S/c22-17(18-21-15-7-3-4-8-16(15)24-18)20-12-19(23)10-9-13-5-1-2-6-14(13)11-19/h1-8,23H,9-12H2,(H,20,22). The molecule has 0 bridgehead atoms. The Morgan fingerprint density at radius 3 is 2.75 bits per heavy atom. The maximum absolute atomic E-state index is 12.4. The second kappa shape index (κ2) is 6.00. The van der Waals surface area contributed by atoms with Gasteiger partial charge in [0.05, 0.1) is 15.8 Å². The van der Waals surface area contributed by atoms with Crippen LogP contribution in [0.2, 0.25) is 0 Å². The molecule has 4 nitrogen and oxygen atoms in total. The first-order valence-electron chi connectivity index (χ1n) is 8.06. The molecule has 0 radical (unpaired) electrons. The summed E-state index contributed by atoms with van der Waals surface area (Å²) in [7, 11) is 0. The number of hydrogen-bond acceptors (Lipinski definition) is 4. The lowest BCUT2D eigenvalue weighted by atomic mass is 9.80. The van der Waals surface area contributed by atoms with Crippen LogP contribution in [0.25, 0.3) is 10.2 Å². The zero-order chi connectivity index (χ0) is 16.6. The second-order valence-electron chi connectivity index (χ2n) is 6.34. The zero-order valence-electron chi connectivity index (χ0n) is 13.2. The van der Waals surface area contributed by atoms with E-state index in [1.54, 1.807) is 0 Å². The number of aliphatic hydroxyl groups is 1. The van der Waals surface area contributed by atoms with Gasteiger partial charge < -0.3 is 10.4 Å². The third-order valence-corrected chi connectivity index (χ3v) is 5.60. The van der Waals surface area contributed by atoms with Gasteiger partial charge in [-0.3, -0.25) is 4.79 Å². The normalized spacial score (nSPS) is 19.9. The van der Waals surface area contributed by atoms with E-state index in [0.29, 0.717) is 17.8 Å². The molecule has 1 aliphatic carbocycles. The van der Waals surface area contributed by atoms with Gasteiger partial charge in [0.1, 0.15) is 0 Å². The van der Waals surface area contributed by atoms with Crippen molar-refractivity contribution in [3.8, 4) is 0 Å². The van der Waals surface area contributed by atoms with E-state index in [1.165, 1.54) is 22.5 Å². The van der Waals surface area contributed by atoms with Gasteiger partial charge in [-0.2, -0.15) is 0 Å². The third kappa shape index (κ3) is 2.92.